The van der Waals surface area contributed by atoms with E-state index in [0.29, 0.717) is 6.42 Å². The molecular weight excluding hydrogens is 252 g/mol. The molecule has 1 aromatic rings. The van der Waals surface area contributed by atoms with Crippen molar-refractivity contribution < 1.29 is 4.79 Å². The molecule has 0 aromatic carbocycles. The van der Waals surface area contributed by atoms with Gasteiger partial charge < -0.3 is 9.80 Å². The van der Waals surface area contributed by atoms with E-state index in [9.17, 15) is 4.79 Å². The summed E-state index contributed by atoms with van der Waals surface area (Å²) >= 11 is 0. The van der Waals surface area contributed by atoms with Crippen LogP contribution in [0.5, 0.6) is 0 Å². The highest BCUT2D eigenvalue weighted by atomic mass is 16.2. The number of nitrogens with zero attached hydrogens (tertiary/aromatic N) is 4. The number of hydrogen-bond donors (Lipinski definition) is 0. The number of carbonyl (C=O) groups excluding carboxylic acids is 1. The number of aromatic nitrogens is 2. The van der Waals surface area contributed by atoms with E-state index in [1.54, 1.807) is 0 Å². The molecular formula is C15H26N4O. The summed E-state index contributed by atoms with van der Waals surface area (Å²) in [7, 11) is 4.00. The van der Waals surface area contributed by atoms with Crippen LogP contribution in [0.3, 0.4) is 0 Å². The first-order chi connectivity index (χ1) is 9.61. The Morgan fingerprint density at radius 3 is 2.95 bits per heavy atom. The third-order valence-corrected chi connectivity index (χ3v) is 4.00. The van der Waals surface area contributed by atoms with E-state index in [1.165, 1.54) is 5.56 Å². The molecule has 1 amide bonds. The Labute approximate surface area is 121 Å². The van der Waals surface area contributed by atoms with Gasteiger partial charge >= 0.3 is 0 Å². The molecule has 20 heavy (non-hydrogen) atoms. The van der Waals surface area contributed by atoms with Crippen LogP contribution in [0.4, 0.5) is 0 Å². The lowest BCUT2D eigenvalue weighted by molar-refractivity contribution is -0.132. The van der Waals surface area contributed by atoms with Crippen LogP contribution in [-0.4, -0.2) is 52.2 Å². The summed E-state index contributed by atoms with van der Waals surface area (Å²) in [6.07, 6.45) is 7.82. The Bertz CT molecular complexity index is 443. The summed E-state index contributed by atoms with van der Waals surface area (Å²) in [5, 5.41) is 4.22. The first kappa shape index (κ1) is 15.0. The second kappa shape index (κ2) is 6.88. The lowest BCUT2D eigenvalue weighted by atomic mass is 10.1. The summed E-state index contributed by atoms with van der Waals surface area (Å²) < 4.78 is 1.81. The van der Waals surface area contributed by atoms with Gasteiger partial charge in [0.1, 0.15) is 0 Å². The zero-order chi connectivity index (χ0) is 14.5. The zero-order valence-electron chi connectivity index (χ0n) is 12.9. The van der Waals surface area contributed by atoms with Gasteiger partial charge in [-0.25, -0.2) is 0 Å². The Kier molecular flexibility index (Phi) is 5.17. The number of rotatable bonds is 6. The topological polar surface area (TPSA) is 41.4 Å². The predicted molar refractivity (Wildman–Crippen MR) is 79.3 cm³/mol. The molecule has 1 fully saturated rings. The Morgan fingerprint density at radius 2 is 2.30 bits per heavy atom. The summed E-state index contributed by atoms with van der Waals surface area (Å²) in [5.74, 6) is 0.277. The van der Waals surface area contributed by atoms with Crippen molar-refractivity contribution in [1.82, 2.24) is 19.6 Å². The minimum Gasteiger partial charge on any atom is -0.335 e. The van der Waals surface area contributed by atoms with Crippen LogP contribution in [0.15, 0.2) is 12.4 Å². The summed E-state index contributed by atoms with van der Waals surface area (Å²) in [6.45, 7) is 4.95. The van der Waals surface area contributed by atoms with Crippen molar-refractivity contribution in [3.05, 3.63) is 18.0 Å². The predicted octanol–water partition coefficient (Wildman–Crippen LogP) is 1.82. The van der Waals surface area contributed by atoms with Crippen molar-refractivity contribution in [3.8, 4) is 0 Å². The van der Waals surface area contributed by atoms with E-state index in [2.05, 4.69) is 24.0 Å². The first-order valence-corrected chi connectivity index (χ1v) is 7.58. The van der Waals surface area contributed by atoms with Crippen molar-refractivity contribution in [2.75, 3.05) is 26.7 Å². The monoisotopic (exact) mass is 278 g/mol. The van der Waals surface area contributed by atoms with Crippen LogP contribution in [0.2, 0.25) is 0 Å². The van der Waals surface area contributed by atoms with Crippen LogP contribution in [0, 0.1) is 0 Å². The van der Waals surface area contributed by atoms with Gasteiger partial charge in [0, 0.05) is 38.3 Å². The second-order valence-electron chi connectivity index (χ2n) is 5.75. The summed E-state index contributed by atoms with van der Waals surface area (Å²) in [5.41, 5.74) is 1.17. The molecule has 0 aliphatic carbocycles. The van der Waals surface area contributed by atoms with Gasteiger partial charge in [-0.2, -0.15) is 5.10 Å². The lowest BCUT2D eigenvalue weighted by Gasteiger charge is -2.25. The highest BCUT2D eigenvalue weighted by Crippen LogP contribution is 2.31. The molecule has 112 valence electrons. The van der Waals surface area contributed by atoms with Crippen LogP contribution in [-0.2, 0) is 11.8 Å². The van der Waals surface area contributed by atoms with Crippen molar-refractivity contribution >= 4 is 5.91 Å². The summed E-state index contributed by atoms with van der Waals surface area (Å²) in [6, 6.07) is 0.229. The largest absolute Gasteiger partial charge is 0.335 e. The first-order valence-electron chi connectivity index (χ1n) is 7.58. The van der Waals surface area contributed by atoms with E-state index in [0.717, 1.165) is 38.9 Å². The molecule has 5 heteroatoms. The fourth-order valence-corrected chi connectivity index (χ4v) is 2.95. The van der Waals surface area contributed by atoms with E-state index in [-0.39, 0.29) is 11.9 Å². The van der Waals surface area contributed by atoms with Crippen LogP contribution in [0.1, 0.15) is 44.2 Å². The molecule has 0 N–H and O–H groups in total. The van der Waals surface area contributed by atoms with E-state index in [1.807, 2.05) is 29.0 Å². The molecule has 2 rings (SSSR count). The van der Waals surface area contributed by atoms with E-state index in [4.69, 9.17) is 0 Å². The van der Waals surface area contributed by atoms with Gasteiger partial charge in [0.05, 0.1) is 12.2 Å². The number of hydrogen-bond acceptors (Lipinski definition) is 3. The summed E-state index contributed by atoms with van der Waals surface area (Å²) in [4.78, 5) is 16.7. The number of aryl methyl sites for hydroxylation is 1. The molecule has 5 nitrogen and oxygen atoms in total. The molecule has 1 saturated heterocycles. The maximum atomic E-state index is 12.4. The minimum atomic E-state index is 0.229. The van der Waals surface area contributed by atoms with Gasteiger partial charge in [-0.15, -0.1) is 0 Å². The number of carbonyl (C=O) groups is 1. The molecule has 0 saturated carbocycles. The maximum absolute atomic E-state index is 12.4. The fraction of sp³-hybridized carbons (Fsp3) is 0.733. The molecule has 1 atom stereocenters. The number of amides is 1. The molecule has 1 aliphatic heterocycles. The molecule has 0 unspecified atom stereocenters. The fourth-order valence-electron chi connectivity index (χ4n) is 2.95. The van der Waals surface area contributed by atoms with Crippen LogP contribution in [0.25, 0.3) is 0 Å². The molecule has 0 bridgehead atoms. The van der Waals surface area contributed by atoms with Crippen molar-refractivity contribution in [3.63, 3.8) is 0 Å². The third-order valence-electron chi connectivity index (χ3n) is 4.00. The molecule has 0 spiro atoms. The smallest absolute Gasteiger partial charge is 0.224 e. The molecule has 0 radical (unpaired) electrons. The van der Waals surface area contributed by atoms with Gasteiger partial charge in [-0.3, -0.25) is 9.48 Å². The second-order valence-corrected chi connectivity index (χ2v) is 5.75. The van der Waals surface area contributed by atoms with Crippen LogP contribution >= 0.6 is 0 Å². The van der Waals surface area contributed by atoms with E-state index >= 15 is 0 Å². The Balaban J connectivity index is 1.91. The van der Waals surface area contributed by atoms with Crippen LogP contribution < -0.4 is 0 Å². The van der Waals surface area contributed by atoms with Crippen molar-refractivity contribution in [1.29, 1.82) is 0 Å². The van der Waals surface area contributed by atoms with E-state index < -0.39 is 0 Å². The van der Waals surface area contributed by atoms with Crippen molar-refractivity contribution in [2.45, 2.75) is 38.6 Å². The zero-order valence-corrected chi connectivity index (χ0v) is 12.9. The van der Waals surface area contributed by atoms with Gasteiger partial charge in [0.25, 0.3) is 0 Å². The average molecular weight is 278 g/mol. The minimum absolute atomic E-state index is 0.229. The Morgan fingerprint density at radius 1 is 1.50 bits per heavy atom. The quantitative estimate of drug-likeness (QED) is 0.797. The maximum Gasteiger partial charge on any atom is 0.224 e. The van der Waals surface area contributed by atoms with Gasteiger partial charge in [-0.1, -0.05) is 6.92 Å². The van der Waals surface area contributed by atoms with Gasteiger partial charge in [0.2, 0.25) is 5.91 Å². The number of likely N-dealkylation sites (tertiary alicyclic amines) is 1. The lowest BCUT2D eigenvalue weighted by Crippen LogP contribution is -2.33. The average Bonchev–Trinajstić information content (AvgIpc) is 3.04. The standard InChI is InChI=1S/C15H26N4O/c1-4-8-17(2)10-7-15(20)19-9-5-6-14(19)13-11-16-18(3)12-13/h11-12,14H,4-10H2,1-3H3/t14-/m0/s1. The van der Waals surface area contributed by atoms with Gasteiger partial charge in [0.15, 0.2) is 0 Å². The highest BCUT2D eigenvalue weighted by molar-refractivity contribution is 5.77. The van der Waals surface area contributed by atoms with Crippen molar-refractivity contribution in [2.24, 2.45) is 7.05 Å². The third kappa shape index (κ3) is 3.60. The SMILES string of the molecule is CCCN(C)CCC(=O)N1CCC[C@H]1c1cnn(C)c1. The Hall–Kier alpha value is -1.36. The van der Waals surface area contributed by atoms with Gasteiger partial charge in [-0.05, 0) is 32.9 Å². The normalized spacial score (nSPS) is 19.0. The molecule has 1 aromatic heterocycles. The highest BCUT2D eigenvalue weighted by Gasteiger charge is 2.30. The molecule has 1 aliphatic rings. The molecule has 2 heterocycles.